The highest BCUT2D eigenvalue weighted by Crippen LogP contribution is 2.40. The Balaban J connectivity index is 2.64. The van der Waals surface area contributed by atoms with Crippen LogP contribution < -0.4 is 9.64 Å². The van der Waals surface area contributed by atoms with Crippen LogP contribution in [0.1, 0.15) is 31.9 Å². The first-order chi connectivity index (χ1) is 11.1. The maximum Gasteiger partial charge on any atom is 0.421 e. The standard InChI is InChI=1S/C17H20F3N3O/c1-16(2,3)11-8-6-7-9-13(11)23(4)14-12(17(18,19)20)10-21-15(22-14)24-5/h6-10H,1-5H3. The molecule has 0 fully saturated rings. The van der Waals surface area contributed by atoms with Crippen molar-refractivity contribution >= 4 is 11.5 Å². The van der Waals surface area contributed by atoms with Crippen LogP contribution in [0.3, 0.4) is 0 Å². The number of para-hydroxylation sites is 1. The maximum atomic E-state index is 13.3. The first-order valence-corrected chi connectivity index (χ1v) is 7.37. The van der Waals surface area contributed by atoms with E-state index in [0.717, 1.165) is 11.8 Å². The van der Waals surface area contributed by atoms with E-state index in [1.54, 1.807) is 19.2 Å². The van der Waals surface area contributed by atoms with Crippen molar-refractivity contribution in [1.29, 1.82) is 0 Å². The van der Waals surface area contributed by atoms with E-state index >= 15 is 0 Å². The van der Waals surface area contributed by atoms with Crippen molar-refractivity contribution in [3.05, 3.63) is 41.6 Å². The second kappa shape index (κ2) is 6.30. The molecule has 0 amide bonds. The van der Waals surface area contributed by atoms with Crippen molar-refractivity contribution < 1.29 is 17.9 Å². The minimum atomic E-state index is -4.56. The summed E-state index contributed by atoms with van der Waals surface area (Å²) >= 11 is 0. The topological polar surface area (TPSA) is 38.2 Å². The van der Waals surface area contributed by atoms with Crippen LogP contribution in [0.25, 0.3) is 0 Å². The van der Waals surface area contributed by atoms with Gasteiger partial charge in [-0.3, -0.25) is 0 Å². The van der Waals surface area contributed by atoms with Gasteiger partial charge in [-0.05, 0) is 17.0 Å². The molecule has 0 saturated heterocycles. The molecule has 0 bridgehead atoms. The van der Waals surface area contributed by atoms with E-state index in [9.17, 15) is 13.2 Å². The lowest BCUT2D eigenvalue weighted by Gasteiger charge is -2.29. The number of alkyl halides is 3. The Morgan fingerprint density at radius 2 is 1.67 bits per heavy atom. The lowest BCUT2D eigenvalue weighted by atomic mass is 9.85. The number of methoxy groups -OCH3 is 1. The molecule has 4 nitrogen and oxygen atoms in total. The van der Waals surface area contributed by atoms with Gasteiger partial charge in [0.1, 0.15) is 5.56 Å². The zero-order valence-corrected chi connectivity index (χ0v) is 14.3. The zero-order chi connectivity index (χ0) is 18.1. The number of hydrogen-bond acceptors (Lipinski definition) is 4. The average molecular weight is 339 g/mol. The molecule has 2 rings (SSSR count). The van der Waals surface area contributed by atoms with Gasteiger partial charge in [0.25, 0.3) is 0 Å². The van der Waals surface area contributed by atoms with Crippen molar-refractivity contribution in [2.24, 2.45) is 0 Å². The van der Waals surface area contributed by atoms with E-state index in [1.165, 1.54) is 12.0 Å². The summed E-state index contributed by atoms with van der Waals surface area (Å²) in [6.45, 7) is 6.01. The summed E-state index contributed by atoms with van der Waals surface area (Å²) in [6, 6.07) is 7.21. The fourth-order valence-corrected chi connectivity index (χ4v) is 2.43. The van der Waals surface area contributed by atoms with Gasteiger partial charge in [-0.25, -0.2) is 4.98 Å². The fourth-order valence-electron chi connectivity index (χ4n) is 2.43. The molecule has 0 aliphatic rings. The van der Waals surface area contributed by atoms with Crippen molar-refractivity contribution in [2.75, 3.05) is 19.1 Å². The predicted octanol–water partition coefficient (Wildman–Crippen LogP) is 4.57. The molecule has 1 aromatic heterocycles. The number of anilines is 2. The Morgan fingerprint density at radius 1 is 1.04 bits per heavy atom. The van der Waals surface area contributed by atoms with Crippen LogP contribution in [0, 0.1) is 0 Å². The predicted molar refractivity (Wildman–Crippen MR) is 86.8 cm³/mol. The molecule has 0 saturated carbocycles. The summed E-state index contributed by atoms with van der Waals surface area (Å²) in [4.78, 5) is 8.95. The normalized spacial score (nSPS) is 12.2. The molecular formula is C17H20F3N3O. The number of nitrogens with zero attached hydrogens (tertiary/aromatic N) is 3. The molecule has 7 heteroatoms. The second-order valence-corrected chi connectivity index (χ2v) is 6.42. The van der Waals surface area contributed by atoms with Gasteiger partial charge >= 0.3 is 12.2 Å². The minimum absolute atomic E-state index is 0.113. The Hall–Kier alpha value is -2.31. The van der Waals surface area contributed by atoms with Gasteiger partial charge in [-0.2, -0.15) is 18.2 Å². The molecule has 24 heavy (non-hydrogen) atoms. The summed E-state index contributed by atoms with van der Waals surface area (Å²) in [5, 5.41) is 0. The molecule has 0 aliphatic heterocycles. The third-order valence-electron chi connectivity index (χ3n) is 3.63. The maximum absolute atomic E-state index is 13.3. The highest BCUT2D eigenvalue weighted by atomic mass is 19.4. The van der Waals surface area contributed by atoms with Gasteiger partial charge in [0.15, 0.2) is 5.82 Å². The Morgan fingerprint density at radius 3 is 2.21 bits per heavy atom. The van der Waals surface area contributed by atoms with Crippen LogP contribution in [0.2, 0.25) is 0 Å². The molecule has 130 valence electrons. The van der Waals surface area contributed by atoms with E-state index in [0.29, 0.717) is 5.69 Å². The largest absolute Gasteiger partial charge is 0.467 e. The highest BCUT2D eigenvalue weighted by molar-refractivity contribution is 5.67. The van der Waals surface area contributed by atoms with E-state index < -0.39 is 11.7 Å². The second-order valence-electron chi connectivity index (χ2n) is 6.42. The number of rotatable bonds is 3. The number of benzene rings is 1. The van der Waals surface area contributed by atoms with Crippen molar-refractivity contribution in [2.45, 2.75) is 32.4 Å². The number of halogens is 3. The lowest BCUT2D eigenvalue weighted by molar-refractivity contribution is -0.137. The quantitative estimate of drug-likeness (QED) is 0.821. The average Bonchev–Trinajstić information content (AvgIpc) is 2.52. The molecule has 0 radical (unpaired) electrons. The van der Waals surface area contributed by atoms with E-state index in [-0.39, 0.29) is 17.2 Å². The molecule has 0 N–H and O–H groups in total. The summed E-state index contributed by atoms with van der Waals surface area (Å²) < 4.78 is 44.9. The van der Waals surface area contributed by atoms with Crippen LogP contribution in [0.15, 0.2) is 30.5 Å². The number of ether oxygens (including phenoxy) is 1. The monoisotopic (exact) mass is 339 g/mol. The van der Waals surface area contributed by atoms with Gasteiger partial charge in [0, 0.05) is 18.9 Å². The third kappa shape index (κ3) is 3.60. The van der Waals surface area contributed by atoms with Gasteiger partial charge in [0.05, 0.1) is 7.11 Å². The molecular weight excluding hydrogens is 319 g/mol. The Labute approximate surface area is 139 Å². The van der Waals surface area contributed by atoms with Crippen molar-refractivity contribution in [1.82, 2.24) is 9.97 Å². The van der Waals surface area contributed by atoms with Gasteiger partial charge in [-0.1, -0.05) is 39.0 Å². The SMILES string of the molecule is COc1ncc(C(F)(F)F)c(N(C)c2ccccc2C(C)(C)C)n1. The van der Waals surface area contributed by atoms with Crippen LogP contribution in [0.5, 0.6) is 6.01 Å². The fraction of sp³-hybridized carbons (Fsp3) is 0.412. The molecule has 0 unspecified atom stereocenters. The van der Waals surface area contributed by atoms with Crippen molar-refractivity contribution in [3.63, 3.8) is 0 Å². The molecule has 1 aromatic carbocycles. The summed E-state index contributed by atoms with van der Waals surface area (Å²) in [7, 11) is 2.87. The van der Waals surface area contributed by atoms with E-state index in [2.05, 4.69) is 9.97 Å². The smallest absolute Gasteiger partial charge is 0.421 e. The van der Waals surface area contributed by atoms with Crippen LogP contribution >= 0.6 is 0 Å². The molecule has 1 heterocycles. The number of aromatic nitrogens is 2. The van der Waals surface area contributed by atoms with E-state index in [4.69, 9.17) is 4.74 Å². The van der Waals surface area contributed by atoms with Gasteiger partial charge in [-0.15, -0.1) is 0 Å². The third-order valence-corrected chi connectivity index (χ3v) is 3.63. The molecule has 2 aromatic rings. The van der Waals surface area contributed by atoms with E-state index in [1.807, 2.05) is 32.9 Å². The number of hydrogen-bond donors (Lipinski definition) is 0. The first-order valence-electron chi connectivity index (χ1n) is 7.37. The van der Waals surface area contributed by atoms with Crippen LogP contribution in [0.4, 0.5) is 24.7 Å². The lowest BCUT2D eigenvalue weighted by Crippen LogP contribution is -2.23. The van der Waals surface area contributed by atoms with Crippen LogP contribution in [-0.2, 0) is 11.6 Å². The summed E-state index contributed by atoms with van der Waals surface area (Å²) in [5.41, 5.74) is 0.421. The van der Waals surface area contributed by atoms with Crippen LogP contribution in [-0.4, -0.2) is 24.1 Å². The van der Waals surface area contributed by atoms with Gasteiger partial charge in [0.2, 0.25) is 0 Å². The molecule has 0 atom stereocenters. The van der Waals surface area contributed by atoms with Gasteiger partial charge < -0.3 is 9.64 Å². The highest BCUT2D eigenvalue weighted by Gasteiger charge is 2.37. The van der Waals surface area contributed by atoms with Crippen molar-refractivity contribution in [3.8, 4) is 6.01 Å². The Bertz CT molecular complexity index is 724. The summed E-state index contributed by atoms with van der Waals surface area (Å²) in [6.07, 6.45) is -3.82. The summed E-state index contributed by atoms with van der Waals surface area (Å²) in [5.74, 6) is -0.244. The first kappa shape index (κ1) is 18.0. The minimum Gasteiger partial charge on any atom is -0.467 e. The zero-order valence-electron chi connectivity index (χ0n) is 14.3. The molecule has 0 spiro atoms. The molecule has 0 aliphatic carbocycles. The Kier molecular flexibility index (Phi) is 4.73.